The number of amidine groups is 1. The van der Waals surface area contributed by atoms with E-state index in [1.54, 1.807) is 6.07 Å². The Bertz CT molecular complexity index is 862. The second kappa shape index (κ2) is 6.29. The van der Waals surface area contributed by atoms with Crippen LogP contribution in [-0.4, -0.2) is 33.3 Å². The van der Waals surface area contributed by atoms with Gasteiger partial charge in [-0.2, -0.15) is 8.42 Å². The number of benzene rings is 1. The summed E-state index contributed by atoms with van der Waals surface area (Å²) >= 11 is 6.33. The summed E-state index contributed by atoms with van der Waals surface area (Å²) < 4.78 is 29.2. The smallest absolute Gasteiger partial charge is 0.286 e. The summed E-state index contributed by atoms with van der Waals surface area (Å²) in [5.74, 6) is 0.779. The van der Waals surface area contributed by atoms with E-state index in [9.17, 15) is 13.2 Å². The van der Waals surface area contributed by atoms with E-state index in [0.29, 0.717) is 37.0 Å². The summed E-state index contributed by atoms with van der Waals surface area (Å²) in [6.07, 6.45) is 5.83. The van der Waals surface area contributed by atoms with Gasteiger partial charge in [0.25, 0.3) is 15.9 Å². The molecule has 0 atom stereocenters. The largest absolute Gasteiger partial charge is 0.352 e. The van der Waals surface area contributed by atoms with Crippen molar-refractivity contribution < 1.29 is 13.2 Å². The Kier molecular flexibility index (Phi) is 4.24. The molecule has 0 aromatic heterocycles. The molecule has 0 spiro atoms. The van der Waals surface area contributed by atoms with Crippen LogP contribution in [0, 0.1) is 5.92 Å². The lowest BCUT2D eigenvalue weighted by atomic mass is 10.1. The van der Waals surface area contributed by atoms with Crippen LogP contribution in [0.15, 0.2) is 21.4 Å². The van der Waals surface area contributed by atoms with Crippen molar-refractivity contribution in [3.63, 3.8) is 0 Å². The predicted octanol–water partition coefficient (Wildman–Crippen LogP) is 2.96. The minimum Gasteiger partial charge on any atom is -0.352 e. The lowest BCUT2D eigenvalue weighted by Gasteiger charge is -2.30. The first-order valence-electron chi connectivity index (χ1n) is 8.69. The maximum atomic E-state index is 12.6. The Morgan fingerprint density at radius 1 is 1.28 bits per heavy atom. The molecule has 2 fully saturated rings. The first kappa shape index (κ1) is 16.8. The van der Waals surface area contributed by atoms with E-state index in [2.05, 4.69) is 9.71 Å². The molecule has 4 rings (SSSR count). The maximum absolute atomic E-state index is 12.6. The van der Waals surface area contributed by atoms with E-state index >= 15 is 0 Å². The number of rotatable bonds is 3. The van der Waals surface area contributed by atoms with Gasteiger partial charge < -0.3 is 10.2 Å². The number of carbonyl (C=O) groups is 1. The number of carbonyl (C=O) groups excluding carboxylic acids is 1. The second-order valence-corrected chi connectivity index (χ2v) is 8.88. The molecule has 1 N–H and O–H groups in total. The third kappa shape index (κ3) is 3.27. The number of nitrogens with zero attached hydrogens (tertiary/aromatic N) is 2. The van der Waals surface area contributed by atoms with Gasteiger partial charge in [-0.15, -0.1) is 4.40 Å². The van der Waals surface area contributed by atoms with Crippen molar-refractivity contribution >= 4 is 39.1 Å². The van der Waals surface area contributed by atoms with E-state index in [-0.39, 0.29) is 21.4 Å². The minimum absolute atomic E-state index is 0.0686. The highest BCUT2D eigenvalue weighted by atomic mass is 35.5. The van der Waals surface area contributed by atoms with Crippen molar-refractivity contribution in [3.05, 3.63) is 22.7 Å². The van der Waals surface area contributed by atoms with Gasteiger partial charge in [0, 0.05) is 19.5 Å². The van der Waals surface area contributed by atoms with Crippen molar-refractivity contribution in [1.29, 1.82) is 0 Å². The van der Waals surface area contributed by atoms with Gasteiger partial charge in [0.1, 0.15) is 10.7 Å². The summed E-state index contributed by atoms with van der Waals surface area (Å²) in [6.45, 7) is 1.32. The highest BCUT2D eigenvalue weighted by Gasteiger charge is 2.33. The molecule has 134 valence electrons. The molecule has 1 aromatic carbocycles. The molecule has 2 heterocycles. The van der Waals surface area contributed by atoms with Crippen LogP contribution in [0.5, 0.6) is 0 Å². The van der Waals surface area contributed by atoms with Gasteiger partial charge >= 0.3 is 0 Å². The minimum atomic E-state index is -3.81. The van der Waals surface area contributed by atoms with E-state index < -0.39 is 10.0 Å². The lowest BCUT2D eigenvalue weighted by Crippen LogP contribution is -2.35. The van der Waals surface area contributed by atoms with Crippen LogP contribution in [0.3, 0.4) is 0 Å². The number of amides is 1. The third-order valence-electron chi connectivity index (χ3n) is 4.93. The van der Waals surface area contributed by atoms with Crippen LogP contribution in [0.2, 0.25) is 5.02 Å². The average molecular weight is 382 g/mol. The van der Waals surface area contributed by atoms with Crippen molar-refractivity contribution in [1.82, 2.24) is 5.32 Å². The monoisotopic (exact) mass is 381 g/mol. The molecule has 1 amide bonds. The SMILES string of the molecule is O=C(NCC1CC1)c1cc2c(cc1Cl)N1CCCCCC1=NS2(=O)=O. The topological polar surface area (TPSA) is 78.8 Å². The Labute approximate surface area is 152 Å². The Morgan fingerprint density at radius 3 is 2.84 bits per heavy atom. The van der Waals surface area contributed by atoms with Crippen molar-refractivity contribution in [2.45, 2.75) is 43.4 Å². The van der Waals surface area contributed by atoms with E-state index in [0.717, 1.165) is 32.1 Å². The molecule has 2 aliphatic heterocycles. The van der Waals surface area contributed by atoms with Crippen molar-refractivity contribution in [3.8, 4) is 0 Å². The Hall–Kier alpha value is -1.60. The number of anilines is 1. The molecule has 1 saturated heterocycles. The van der Waals surface area contributed by atoms with Crippen LogP contribution in [-0.2, 0) is 10.0 Å². The van der Waals surface area contributed by atoms with Gasteiger partial charge in [0.15, 0.2) is 0 Å². The number of fused-ring (bicyclic) bond motifs is 3. The molecule has 1 saturated carbocycles. The first-order chi connectivity index (χ1) is 12.0. The van der Waals surface area contributed by atoms with E-state index in [1.165, 1.54) is 6.07 Å². The molecule has 6 nitrogen and oxygen atoms in total. The van der Waals surface area contributed by atoms with Gasteiger partial charge in [-0.25, -0.2) is 0 Å². The zero-order chi connectivity index (χ0) is 17.6. The average Bonchev–Trinajstić information content (AvgIpc) is 3.38. The number of sulfonamides is 1. The fourth-order valence-electron chi connectivity index (χ4n) is 3.32. The predicted molar refractivity (Wildman–Crippen MR) is 96.9 cm³/mol. The first-order valence-corrected chi connectivity index (χ1v) is 10.5. The third-order valence-corrected chi connectivity index (χ3v) is 6.58. The molecule has 1 aliphatic carbocycles. The number of nitrogens with one attached hydrogen (secondary N) is 1. The summed E-state index contributed by atoms with van der Waals surface area (Å²) in [7, 11) is -3.81. The lowest BCUT2D eigenvalue weighted by molar-refractivity contribution is 0.0952. The van der Waals surface area contributed by atoms with Crippen LogP contribution in [0.25, 0.3) is 0 Å². The fourth-order valence-corrected chi connectivity index (χ4v) is 4.83. The molecule has 0 unspecified atom stereocenters. The highest BCUT2D eigenvalue weighted by Crippen LogP contribution is 2.38. The molecule has 25 heavy (non-hydrogen) atoms. The van der Waals surface area contributed by atoms with Crippen LogP contribution in [0.4, 0.5) is 5.69 Å². The molecule has 3 aliphatic rings. The zero-order valence-electron chi connectivity index (χ0n) is 13.8. The molecule has 0 bridgehead atoms. The summed E-state index contributed by atoms with van der Waals surface area (Å²) in [5, 5.41) is 3.11. The molecular weight excluding hydrogens is 362 g/mol. The summed E-state index contributed by atoms with van der Waals surface area (Å²) in [5.41, 5.74) is 0.730. The normalized spacial score (nSPS) is 21.6. The number of hydrogen-bond acceptors (Lipinski definition) is 4. The van der Waals surface area contributed by atoms with Gasteiger partial charge in [-0.1, -0.05) is 18.0 Å². The van der Waals surface area contributed by atoms with Crippen LogP contribution in [0.1, 0.15) is 48.9 Å². The van der Waals surface area contributed by atoms with Gasteiger partial charge in [-0.3, -0.25) is 4.79 Å². The van der Waals surface area contributed by atoms with Crippen LogP contribution < -0.4 is 10.2 Å². The maximum Gasteiger partial charge on any atom is 0.286 e. The highest BCUT2D eigenvalue weighted by molar-refractivity contribution is 7.90. The number of halogens is 1. The standard InChI is InChI=1S/C17H20ClN3O3S/c18-13-9-14-15(8-12(13)17(22)19-10-11-5-6-11)25(23,24)20-16-4-2-1-3-7-21(14)16/h8-9,11H,1-7,10H2,(H,19,22). The van der Waals surface area contributed by atoms with E-state index in [4.69, 9.17) is 11.6 Å². The Balaban J connectivity index is 1.73. The van der Waals surface area contributed by atoms with Gasteiger partial charge in [0.05, 0.1) is 16.3 Å². The Morgan fingerprint density at radius 2 is 2.08 bits per heavy atom. The molecular formula is C17H20ClN3O3S. The van der Waals surface area contributed by atoms with Crippen molar-refractivity contribution in [2.24, 2.45) is 10.3 Å². The second-order valence-electron chi connectivity index (χ2n) is 6.90. The molecule has 0 radical (unpaired) electrons. The zero-order valence-corrected chi connectivity index (χ0v) is 15.4. The molecule has 1 aromatic rings. The van der Waals surface area contributed by atoms with Gasteiger partial charge in [-0.05, 0) is 43.7 Å². The van der Waals surface area contributed by atoms with Gasteiger partial charge in [0.2, 0.25) is 0 Å². The quantitative estimate of drug-likeness (QED) is 0.872. The summed E-state index contributed by atoms with van der Waals surface area (Å²) in [4.78, 5) is 14.4. The van der Waals surface area contributed by atoms with Crippen molar-refractivity contribution in [2.75, 3.05) is 18.0 Å². The summed E-state index contributed by atoms with van der Waals surface area (Å²) in [6, 6.07) is 2.97. The van der Waals surface area contributed by atoms with E-state index in [1.807, 2.05) is 4.90 Å². The van der Waals surface area contributed by atoms with Crippen LogP contribution >= 0.6 is 11.6 Å². The fraction of sp³-hybridized carbons (Fsp3) is 0.529. The number of hydrogen-bond donors (Lipinski definition) is 1. The molecule has 8 heteroatoms.